The Hall–Kier alpha value is -1.19. The molecule has 1 N–H and O–H groups in total. The molecule has 1 unspecified atom stereocenters. The zero-order valence-corrected chi connectivity index (χ0v) is 9.06. The standard InChI is InChI=1S/C12H16O3/c1-3-15-9-12(2,14)11(13)10-7-5-4-6-8-10/h4-8,14H,3,9H2,1-2H3. The number of aliphatic hydroxyl groups is 1. The van der Waals surface area contributed by atoms with E-state index in [1.54, 1.807) is 24.3 Å². The molecule has 0 bridgehead atoms. The van der Waals surface area contributed by atoms with Gasteiger partial charge >= 0.3 is 0 Å². The summed E-state index contributed by atoms with van der Waals surface area (Å²) in [4.78, 5) is 11.8. The topological polar surface area (TPSA) is 46.5 Å². The lowest BCUT2D eigenvalue weighted by atomic mass is 9.96. The highest BCUT2D eigenvalue weighted by molar-refractivity contribution is 6.02. The molecule has 0 aromatic heterocycles. The van der Waals surface area contributed by atoms with E-state index in [2.05, 4.69) is 0 Å². The van der Waals surface area contributed by atoms with Gasteiger partial charge in [0.25, 0.3) is 0 Å². The van der Waals surface area contributed by atoms with E-state index >= 15 is 0 Å². The number of carbonyl (C=O) groups excluding carboxylic acids is 1. The second-order valence-electron chi connectivity index (χ2n) is 3.61. The number of ether oxygens (including phenoxy) is 1. The summed E-state index contributed by atoms with van der Waals surface area (Å²) in [6, 6.07) is 8.73. The van der Waals surface area contributed by atoms with Gasteiger partial charge in [0, 0.05) is 12.2 Å². The third-order valence-corrected chi connectivity index (χ3v) is 2.11. The first-order valence-corrected chi connectivity index (χ1v) is 4.98. The maximum Gasteiger partial charge on any atom is 0.196 e. The van der Waals surface area contributed by atoms with Crippen LogP contribution in [-0.4, -0.2) is 29.7 Å². The highest BCUT2D eigenvalue weighted by Crippen LogP contribution is 2.13. The molecule has 15 heavy (non-hydrogen) atoms. The third-order valence-electron chi connectivity index (χ3n) is 2.11. The van der Waals surface area contributed by atoms with E-state index in [1.807, 2.05) is 13.0 Å². The fourth-order valence-corrected chi connectivity index (χ4v) is 1.27. The molecule has 0 aliphatic heterocycles. The molecule has 3 heteroatoms. The van der Waals surface area contributed by atoms with Crippen LogP contribution in [-0.2, 0) is 4.74 Å². The molecule has 0 heterocycles. The van der Waals surface area contributed by atoms with Crippen molar-refractivity contribution in [3.8, 4) is 0 Å². The number of hydrogen-bond acceptors (Lipinski definition) is 3. The zero-order valence-electron chi connectivity index (χ0n) is 9.06. The van der Waals surface area contributed by atoms with Crippen LogP contribution in [0, 0.1) is 0 Å². The lowest BCUT2D eigenvalue weighted by molar-refractivity contribution is -0.0150. The molecule has 0 spiro atoms. The lowest BCUT2D eigenvalue weighted by Crippen LogP contribution is -2.40. The van der Waals surface area contributed by atoms with Crippen molar-refractivity contribution in [3.05, 3.63) is 35.9 Å². The van der Waals surface area contributed by atoms with Crippen LogP contribution in [0.1, 0.15) is 24.2 Å². The number of ketones is 1. The molecule has 82 valence electrons. The van der Waals surface area contributed by atoms with Gasteiger partial charge in [-0.1, -0.05) is 30.3 Å². The Balaban J connectivity index is 2.75. The molecule has 0 saturated carbocycles. The van der Waals surface area contributed by atoms with Crippen molar-refractivity contribution in [1.29, 1.82) is 0 Å². The smallest absolute Gasteiger partial charge is 0.196 e. The van der Waals surface area contributed by atoms with E-state index in [0.717, 1.165) is 0 Å². The molecule has 3 nitrogen and oxygen atoms in total. The van der Waals surface area contributed by atoms with Crippen molar-refractivity contribution in [2.45, 2.75) is 19.4 Å². The molecule has 0 saturated heterocycles. The van der Waals surface area contributed by atoms with Gasteiger partial charge < -0.3 is 9.84 Å². The molecule has 0 radical (unpaired) electrons. The van der Waals surface area contributed by atoms with Gasteiger partial charge in [0.15, 0.2) is 5.78 Å². The Kier molecular flexibility index (Phi) is 4.00. The molecule has 0 aliphatic carbocycles. The summed E-state index contributed by atoms with van der Waals surface area (Å²) in [5.41, 5.74) is -0.945. The molecule has 0 amide bonds. The van der Waals surface area contributed by atoms with Crippen molar-refractivity contribution in [2.75, 3.05) is 13.2 Å². The summed E-state index contributed by atoms with van der Waals surface area (Å²) in [5, 5.41) is 9.89. The van der Waals surface area contributed by atoms with Crippen molar-refractivity contribution in [1.82, 2.24) is 0 Å². The molecule has 1 rings (SSSR count). The van der Waals surface area contributed by atoms with Crippen LogP contribution in [0.3, 0.4) is 0 Å². The lowest BCUT2D eigenvalue weighted by Gasteiger charge is -2.21. The third kappa shape index (κ3) is 3.15. The first-order valence-electron chi connectivity index (χ1n) is 4.98. The van der Waals surface area contributed by atoms with Crippen LogP contribution in [0.4, 0.5) is 0 Å². The van der Waals surface area contributed by atoms with Gasteiger partial charge in [-0.3, -0.25) is 4.79 Å². The molecular formula is C12H16O3. The van der Waals surface area contributed by atoms with Crippen LogP contribution < -0.4 is 0 Å². The van der Waals surface area contributed by atoms with E-state index in [1.165, 1.54) is 6.92 Å². The van der Waals surface area contributed by atoms with Gasteiger partial charge in [-0.05, 0) is 13.8 Å². The van der Waals surface area contributed by atoms with Crippen LogP contribution >= 0.6 is 0 Å². The van der Waals surface area contributed by atoms with Gasteiger partial charge in [-0.25, -0.2) is 0 Å². The number of carbonyl (C=O) groups is 1. The first-order chi connectivity index (χ1) is 7.08. The van der Waals surface area contributed by atoms with E-state index < -0.39 is 5.60 Å². The molecule has 1 aromatic rings. The maximum atomic E-state index is 11.8. The number of hydrogen-bond donors (Lipinski definition) is 1. The normalized spacial score (nSPS) is 14.6. The number of rotatable bonds is 5. The van der Waals surface area contributed by atoms with Crippen molar-refractivity contribution >= 4 is 5.78 Å². The molecule has 0 fully saturated rings. The number of Topliss-reactive ketones (excluding diaryl/α,β-unsaturated/α-hetero) is 1. The Labute approximate surface area is 89.7 Å². The fraction of sp³-hybridized carbons (Fsp3) is 0.417. The first kappa shape index (κ1) is 11.9. The van der Waals surface area contributed by atoms with Crippen LogP contribution in [0.5, 0.6) is 0 Å². The minimum absolute atomic E-state index is 0.0250. The van der Waals surface area contributed by atoms with E-state index in [9.17, 15) is 9.90 Å². The summed E-state index contributed by atoms with van der Waals surface area (Å²) >= 11 is 0. The summed E-state index contributed by atoms with van der Waals surface area (Å²) in [6.45, 7) is 3.80. The van der Waals surface area contributed by atoms with E-state index in [-0.39, 0.29) is 12.4 Å². The quantitative estimate of drug-likeness (QED) is 0.748. The predicted octanol–water partition coefficient (Wildman–Crippen LogP) is 1.66. The minimum atomic E-state index is -1.45. The van der Waals surface area contributed by atoms with Crippen molar-refractivity contribution < 1.29 is 14.6 Å². The van der Waals surface area contributed by atoms with Gasteiger partial charge in [0.05, 0.1) is 6.61 Å². The number of benzene rings is 1. The highest BCUT2D eigenvalue weighted by atomic mass is 16.5. The van der Waals surface area contributed by atoms with E-state index in [4.69, 9.17) is 4.74 Å². The highest BCUT2D eigenvalue weighted by Gasteiger charge is 2.31. The summed E-state index contributed by atoms with van der Waals surface area (Å²) in [5.74, 6) is -0.309. The van der Waals surface area contributed by atoms with Crippen molar-refractivity contribution in [2.24, 2.45) is 0 Å². The Bertz CT molecular complexity index is 317. The van der Waals surface area contributed by atoms with Crippen LogP contribution in [0.15, 0.2) is 30.3 Å². The average molecular weight is 208 g/mol. The van der Waals surface area contributed by atoms with Gasteiger partial charge in [-0.15, -0.1) is 0 Å². The Morgan fingerprint density at radius 3 is 2.53 bits per heavy atom. The summed E-state index contributed by atoms with van der Waals surface area (Å²) in [6.07, 6.45) is 0. The SMILES string of the molecule is CCOCC(C)(O)C(=O)c1ccccc1. The second-order valence-corrected chi connectivity index (χ2v) is 3.61. The largest absolute Gasteiger partial charge is 0.380 e. The summed E-state index contributed by atoms with van der Waals surface area (Å²) in [7, 11) is 0. The molecule has 1 atom stereocenters. The maximum absolute atomic E-state index is 11.8. The van der Waals surface area contributed by atoms with Gasteiger partial charge in [0.1, 0.15) is 5.60 Å². The van der Waals surface area contributed by atoms with Crippen LogP contribution in [0.2, 0.25) is 0 Å². The predicted molar refractivity (Wildman–Crippen MR) is 57.9 cm³/mol. The Morgan fingerprint density at radius 1 is 1.40 bits per heavy atom. The second kappa shape index (κ2) is 5.05. The van der Waals surface area contributed by atoms with Gasteiger partial charge in [0.2, 0.25) is 0 Å². The Morgan fingerprint density at radius 2 is 2.00 bits per heavy atom. The fourth-order valence-electron chi connectivity index (χ4n) is 1.27. The van der Waals surface area contributed by atoms with Crippen molar-refractivity contribution in [3.63, 3.8) is 0 Å². The average Bonchev–Trinajstić information content (AvgIpc) is 2.26. The van der Waals surface area contributed by atoms with Gasteiger partial charge in [-0.2, -0.15) is 0 Å². The zero-order chi connectivity index (χ0) is 11.3. The minimum Gasteiger partial charge on any atom is -0.380 e. The van der Waals surface area contributed by atoms with Crippen LogP contribution in [0.25, 0.3) is 0 Å². The summed E-state index contributed by atoms with van der Waals surface area (Å²) < 4.78 is 5.07. The monoisotopic (exact) mass is 208 g/mol. The van der Waals surface area contributed by atoms with E-state index in [0.29, 0.717) is 12.2 Å². The molecule has 1 aromatic carbocycles. The molecule has 0 aliphatic rings. The molecular weight excluding hydrogens is 192 g/mol.